The molecular weight excluding hydrogens is 290 g/mol. The highest BCUT2D eigenvalue weighted by atomic mass is 16.2. The van der Waals surface area contributed by atoms with E-state index in [0.29, 0.717) is 11.6 Å². The van der Waals surface area contributed by atoms with Crippen LogP contribution in [0.2, 0.25) is 0 Å². The molecule has 118 valence electrons. The van der Waals surface area contributed by atoms with Gasteiger partial charge in [-0.05, 0) is 37.0 Å². The minimum Gasteiger partial charge on any atom is -0.338 e. The molecule has 2 atom stereocenters. The van der Waals surface area contributed by atoms with E-state index in [0.717, 1.165) is 38.4 Å². The van der Waals surface area contributed by atoms with Crippen LogP contribution in [0.25, 0.3) is 0 Å². The van der Waals surface area contributed by atoms with Gasteiger partial charge in [0, 0.05) is 38.2 Å². The van der Waals surface area contributed by atoms with Crippen LogP contribution in [0.5, 0.6) is 0 Å². The second kappa shape index (κ2) is 5.95. The lowest BCUT2D eigenvalue weighted by Gasteiger charge is -2.36. The molecule has 0 N–H and O–H groups in total. The Morgan fingerprint density at radius 1 is 1.04 bits per heavy atom. The van der Waals surface area contributed by atoms with Gasteiger partial charge in [-0.2, -0.15) is 0 Å². The molecule has 2 aliphatic rings. The van der Waals surface area contributed by atoms with Crippen molar-refractivity contribution in [1.82, 2.24) is 19.9 Å². The molecule has 0 aromatic carbocycles. The smallest absolute Gasteiger partial charge is 0.272 e. The highest BCUT2D eigenvalue weighted by Crippen LogP contribution is 2.32. The number of amides is 1. The van der Waals surface area contributed by atoms with E-state index in [1.807, 2.05) is 23.1 Å². The van der Waals surface area contributed by atoms with Gasteiger partial charge in [0.15, 0.2) is 0 Å². The quantitative estimate of drug-likeness (QED) is 0.843. The van der Waals surface area contributed by atoms with Crippen LogP contribution in [0.15, 0.2) is 42.9 Å². The van der Waals surface area contributed by atoms with Crippen molar-refractivity contribution in [3.05, 3.63) is 48.5 Å². The first-order valence-corrected chi connectivity index (χ1v) is 8.07. The number of aromatic nitrogens is 3. The second-order valence-corrected chi connectivity index (χ2v) is 6.14. The van der Waals surface area contributed by atoms with E-state index in [1.165, 1.54) is 0 Å². The Morgan fingerprint density at radius 2 is 1.87 bits per heavy atom. The molecule has 1 amide bonds. The zero-order valence-electron chi connectivity index (χ0n) is 12.9. The zero-order valence-corrected chi connectivity index (χ0v) is 12.9. The van der Waals surface area contributed by atoms with Crippen molar-refractivity contribution in [2.75, 3.05) is 24.5 Å². The number of nitrogens with zero attached hydrogens (tertiary/aromatic N) is 5. The Hall–Kier alpha value is -2.50. The molecule has 6 nitrogen and oxygen atoms in total. The summed E-state index contributed by atoms with van der Waals surface area (Å²) >= 11 is 0. The van der Waals surface area contributed by atoms with Gasteiger partial charge in [0.1, 0.15) is 5.69 Å². The van der Waals surface area contributed by atoms with E-state index in [9.17, 15) is 4.79 Å². The van der Waals surface area contributed by atoms with Crippen LogP contribution in [0.4, 0.5) is 5.95 Å². The fraction of sp³-hybridized carbons (Fsp3) is 0.412. The Kier molecular flexibility index (Phi) is 3.65. The number of likely N-dealkylation sites (tertiary alicyclic amines) is 1. The molecule has 0 unspecified atom stereocenters. The maximum absolute atomic E-state index is 12.8. The Bertz CT molecular complexity index is 678. The number of pyridine rings is 1. The molecule has 2 aromatic rings. The van der Waals surface area contributed by atoms with Gasteiger partial charge in [-0.25, -0.2) is 9.97 Å². The maximum Gasteiger partial charge on any atom is 0.272 e. The Labute approximate surface area is 135 Å². The summed E-state index contributed by atoms with van der Waals surface area (Å²) in [5.74, 6) is 1.28. The van der Waals surface area contributed by atoms with Crippen molar-refractivity contribution in [3.8, 4) is 0 Å². The van der Waals surface area contributed by atoms with E-state index in [-0.39, 0.29) is 11.9 Å². The number of hydrogen-bond acceptors (Lipinski definition) is 5. The molecule has 0 saturated carbocycles. The van der Waals surface area contributed by atoms with Crippen molar-refractivity contribution >= 4 is 11.9 Å². The van der Waals surface area contributed by atoms with Crippen LogP contribution < -0.4 is 4.90 Å². The third-order valence-corrected chi connectivity index (χ3v) is 4.76. The second-order valence-electron chi connectivity index (χ2n) is 6.14. The van der Waals surface area contributed by atoms with Crippen molar-refractivity contribution in [3.63, 3.8) is 0 Å². The summed E-state index contributed by atoms with van der Waals surface area (Å²) < 4.78 is 0. The molecule has 2 saturated heterocycles. The van der Waals surface area contributed by atoms with E-state index in [2.05, 4.69) is 19.9 Å². The third kappa shape index (κ3) is 2.65. The average molecular weight is 309 g/mol. The van der Waals surface area contributed by atoms with Gasteiger partial charge >= 0.3 is 0 Å². The molecule has 2 aliphatic heterocycles. The maximum atomic E-state index is 12.8. The van der Waals surface area contributed by atoms with Crippen molar-refractivity contribution in [1.29, 1.82) is 0 Å². The van der Waals surface area contributed by atoms with Gasteiger partial charge in [-0.15, -0.1) is 0 Å². The number of piperidine rings is 1. The highest BCUT2D eigenvalue weighted by Gasteiger charge is 2.42. The number of fused-ring (bicyclic) bond motifs is 1. The largest absolute Gasteiger partial charge is 0.338 e. The lowest BCUT2D eigenvalue weighted by molar-refractivity contribution is 0.0569. The monoisotopic (exact) mass is 309 g/mol. The first kappa shape index (κ1) is 14.1. The predicted molar refractivity (Wildman–Crippen MR) is 86.0 cm³/mol. The molecule has 2 fully saturated rings. The Morgan fingerprint density at radius 3 is 2.65 bits per heavy atom. The molecule has 2 aromatic heterocycles. The summed E-state index contributed by atoms with van der Waals surface area (Å²) in [7, 11) is 0. The normalized spacial score (nSPS) is 23.7. The number of carbonyl (C=O) groups excluding carboxylic acids is 1. The standard InChI is InChI=1S/C17H19N5O/c23-16(14-6-1-2-7-18-14)22-10-3-5-13-11-21(12-15(13)22)17-19-8-4-9-20-17/h1-2,4,6-9,13,15H,3,5,10-12H2/t13-,15+/m0/s1. The van der Waals surface area contributed by atoms with Gasteiger partial charge in [-0.1, -0.05) is 6.07 Å². The van der Waals surface area contributed by atoms with E-state index < -0.39 is 0 Å². The third-order valence-electron chi connectivity index (χ3n) is 4.76. The van der Waals surface area contributed by atoms with Crippen LogP contribution in [-0.2, 0) is 0 Å². The average Bonchev–Trinajstić information content (AvgIpc) is 3.07. The van der Waals surface area contributed by atoms with Gasteiger partial charge in [0.2, 0.25) is 5.95 Å². The number of rotatable bonds is 2. The fourth-order valence-electron chi connectivity index (χ4n) is 3.69. The zero-order chi connectivity index (χ0) is 15.6. The Balaban J connectivity index is 1.55. The van der Waals surface area contributed by atoms with Gasteiger partial charge in [0.05, 0.1) is 6.04 Å². The molecule has 4 heterocycles. The number of carbonyl (C=O) groups is 1. The highest BCUT2D eigenvalue weighted by molar-refractivity contribution is 5.92. The van der Waals surface area contributed by atoms with Crippen LogP contribution in [-0.4, -0.2) is 51.4 Å². The van der Waals surface area contributed by atoms with Crippen molar-refractivity contribution < 1.29 is 4.79 Å². The fourth-order valence-corrected chi connectivity index (χ4v) is 3.69. The molecule has 0 radical (unpaired) electrons. The van der Waals surface area contributed by atoms with Crippen molar-refractivity contribution in [2.24, 2.45) is 5.92 Å². The van der Waals surface area contributed by atoms with Crippen LogP contribution in [0, 0.1) is 5.92 Å². The van der Waals surface area contributed by atoms with Crippen LogP contribution in [0.3, 0.4) is 0 Å². The molecular formula is C17H19N5O. The summed E-state index contributed by atoms with van der Waals surface area (Å²) in [6.07, 6.45) is 7.40. The lowest BCUT2D eigenvalue weighted by atomic mass is 9.92. The first-order chi connectivity index (χ1) is 11.3. The van der Waals surface area contributed by atoms with Gasteiger partial charge in [-0.3, -0.25) is 9.78 Å². The SMILES string of the molecule is O=C(c1ccccn1)N1CCC[C@H]2CN(c3ncccn3)C[C@H]21. The van der Waals surface area contributed by atoms with Crippen LogP contribution in [0.1, 0.15) is 23.3 Å². The summed E-state index contributed by atoms with van der Waals surface area (Å²) in [6, 6.07) is 7.53. The molecule has 4 rings (SSSR count). The molecule has 23 heavy (non-hydrogen) atoms. The van der Waals surface area contributed by atoms with Gasteiger partial charge < -0.3 is 9.80 Å². The minimum atomic E-state index is 0.0381. The number of hydrogen-bond donors (Lipinski definition) is 0. The summed E-state index contributed by atoms with van der Waals surface area (Å²) in [5, 5.41) is 0. The summed E-state index contributed by atoms with van der Waals surface area (Å²) in [6.45, 7) is 2.52. The van der Waals surface area contributed by atoms with Gasteiger partial charge in [0.25, 0.3) is 5.91 Å². The minimum absolute atomic E-state index is 0.0381. The van der Waals surface area contributed by atoms with E-state index >= 15 is 0 Å². The first-order valence-electron chi connectivity index (χ1n) is 8.07. The molecule has 6 heteroatoms. The van der Waals surface area contributed by atoms with E-state index in [1.54, 1.807) is 24.7 Å². The summed E-state index contributed by atoms with van der Waals surface area (Å²) in [4.78, 5) is 29.9. The molecule has 0 aliphatic carbocycles. The predicted octanol–water partition coefficient (Wildman–Crippen LogP) is 1.61. The topological polar surface area (TPSA) is 62.2 Å². The number of anilines is 1. The lowest BCUT2D eigenvalue weighted by Crippen LogP contribution is -2.48. The van der Waals surface area contributed by atoms with Crippen molar-refractivity contribution in [2.45, 2.75) is 18.9 Å². The van der Waals surface area contributed by atoms with Crippen LogP contribution >= 0.6 is 0 Å². The molecule has 0 spiro atoms. The molecule has 0 bridgehead atoms. The summed E-state index contributed by atoms with van der Waals surface area (Å²) in [5.41, 5.74) is 0.530. The van der Waals surface area contributed by atoms with E-state index in [4.69, 9.17) is 0 Å².